The lowest BCUT2D eigenvalue weighted by atomic mass is 10.2. The quantitative estimate of drug-likeness (QED) is 0.849. The van der Waals surface area contributed by atoms with E-state index in [0.717, 1.165) is 35.7 Å². The summed E-state index contributed by atoms with van der Waals surface area (Å²) >= 11 is 0. The molecule has 0 amide bonds. The lowest BCUT2D eigenvalue weighted by Gasteiger charge is -2.13. The minimum absolute atomic E-state index is 0.226. The number of aromatic nitrogens is 2. The fraction of sp³-hybridized carbons (Fsp3) is 0.333. The van der Waals surface area contributed by atoms with Crippen LogP contribution in [-0.4, -0.2) is 16.5 Å². The van der Waals surface area contributed by atoms with E-state index in [-0.39, 0.29) is 5.82 Å². The maximum absolute atomic E-state index is 13.1. The molecule has 0 spiro atoms. The molecule has 0 aliphatic carbocycles. The van der Waals surface area contributed by atoms with Crippen LogP contribution in [-0.2, 0) is 13.0 Å². The van der Waals surface area contributed by atoms with Crippen LogP contribution < -0.4 is 10.6 Å². The summed E-state index contributed by atoms with van der Waals surface area (Å²) in [7, 11) is 0. The van der Waals surface area contributed by atoms with E-state index in [2.05, 4.69) is 27.5 Å². The van der Waals surface area contributed by atoms with E-state index < -0.39 is 0 Å². The standard InChI is InChI=1S/C15H19FN4/c1-3-13-14(17-4-2)19-10-20-15(13)18-9-11-6-5-7-12(16)8-11/h5-8,10H,3-4,9H2,1-2H3,(H2,17,18,19,20). The summed E-state index contributed by atoms with van der Waals surface area (Å²) in [5.74, 6) is 1.42. The first-order valence-electron chi connectivity index (χ1n) is 6.80. The number of benzene rings is 1. The molecular weight excluding hydrogens is 255 g/mol. The number of hydrogen-bond donors (Lipinski definition) is 2. The van der Waals surface area contributed by atoms with Crippen molar-refractivity contribution < 1.29 is 4.39 Å². The van der Waals surface area contributed by atoms with Crippen molar-refractivity contribution in [1.82, 2.24) is 9.97 Å². The SMILES string of the molecule is CCNc1ncnc(NCc2cccc(F)c2)c1CC. The second-order valence-electron chi connectivity index (χ2n) is 4.42. The molecular formula is C15H19FN4. The third kappa shape index (κ3) is 3.44. The maximum Gasteiger partial charge on any atom is 0.134 e. The van der Waals surface area contributed by atoms with E-state index in [0.29, 0.717) is 6.54 Å². The molecule has 106 valence electrons. The molecule has 1 aromatic heterocycles. The van der Waals surface area contributed by atoms with E-state index in [4.69, 9.17) is 0 Å². The van der Waals surface area contributed by atoms with E-state index in [1.807, 2.05) is 13.0 Å². The van der Waals surface area contributed by atoms with Crippen LogP contribution in [0.1, 0.15) is 25.0 Å². The van der Waals surface area contributed by atoms with Crippen molar-refractivity contribution >= 4 is 11.6 Å². The van der Waals surface area contributed by atoms with Crippen LogP contribution in [0.3, 0.4) is 0 Å². The predicted molar refractivity (Wildman–Crippen MR) is 79.3 cm³/mol. The van der Waals surface area contributed by atoms with Gasteiger partial charge in [0.15, 0.2) is 0 Å². The fourth-order valence-corrected chi connectivity index (χ4v) is 2.05. The number of nitrogens with one attached hydrogen (secondary N) is 2. The third-order valence-electron chi connectivity index (χ3n) is 2.99. The molecule has 2 rings (SSSR count). The Bertz CT molecular complexity index is 572. The number of halogens is 1. The van der Waals surface area contributed by atoms with Crippen molar-refractivity contribution in [3.05, 3.63) is 47.5 Å². The molecule has 2 N–H and O–H groups in total. The topological polar surface area (TPSA) is 49.8 Å². The first-order chi connectivity index (χ1) is 9.74. The molecule has 0 aliphatic heterocycles. The van der Waals surface area contributed by atoms with Crippen molar-refractivity contribution in [2.75, 3.05) is 17.2 Å². The van der Waals surface area contributed by atoms with Gasteiger partial charge in [-0.1, -0.05) is 19.1 Å². The van der Waals surface area contributed by atoms with Gasteiger partial charge >= 0.3 is 0 Å². The lowest BCUT2D eigenvalue weighted by molar-refractivity contribution is 0.626. The summed E-state index contributed by atoms with van der Waals surface area (Å²) in [5.41, 5.74) is 1.93. The highest BCUT2D eigenvalue weighted by Gasteiger charge is 2.08. The molecule has 20 heavy (non-hydrogen) atoms. The van der Waals surface area contributed by atoms with Gasteiger partial charge in [0.2, 0.25) is 0 Å². The normalized spacial score (nSPS) is 10.3. The molecule has 0 saturated carbocycles. The zero-order chi connectivity index (χ0) is 14.4. The van der Waals surface area contributed by atoms with Crippen molar-refractivity contribution in [3.8, 4) is 0 Å². The second-order valence-corrected chi connectivity index (χ2v) is 4.42. The van der Waals surface area contributed by atoms with Crippen LogP contribution >= 0.6 is 0 Å². The van der Waals surface area contributed by atoms with E-state index in [1.165, 1.54) is 18.5 Å². The Morgan fingerprint density at radius 3 is 2.50 bits per heavy atom. The van der Waals surface area contributed by atoms with Crippen molar-refractivity contribution in [1.29, 1.82) is 0 Å². The maximum atomic E-state index is 13.1. The number of rotatable bonds is 6. The van der Waals surface area contributed by atoms with Gasteiger partial charge in [0.25, 0.3) is 0 Å². The molecule has 0 radical (unpaired) electrons. The van der Waals surface area contributed by atoms with E-state index in [9.17, 15) is 4.39 Å². The van der Waals surface area contributed by atoms with Gasteiger partial charge in [0.05, 0.1) is 0 Å². The van der Waals surface area contributed by atoms with E-state index in [1.54, 1.807) is 6.07 Å². The second kappa shape index (κ2) is 6.84. The fourth-order valence-electron chi connectivity index (χ4n) is 2.05. The molecule has 0 aliphatic rings. The summed E-state index contributed by atoms with van der Waals surface area (Å²) in [4.78, 5) is 8.52. The Balaban J connectivity index is 2.14. The van der Waals surface area contributed by atoms with Crippen molar-refractivity contribution in [2.45, 2.75) is 26.8 Å². The van der Waals surface area contributed by atoms with Gasteiger partial charge in [-0.2, -0.15) is 0 Å². The Kier molecular flexibility index (Phi) is 4.87. The van der Waals surface area contributed by atoms with Gasteiger partial charge in [-0.25, -0.2) is 14.4 Å². The molecule has 0 fully saturated rings. The summed E-state index contributed by atoms with van der Waals surface area (Å²) in [5, 5.41) is 6.47. The average Bonchev–Trinajstić information content (AvgIpc) is 2.45. The Labute approximate surface area is 118 Å². The number of nitrogens with zero attached hydrogens (tertiary/aromatic N) is 2. The molecule has 0 saturated heterocycles. The largest absolute Gasteiger partial charge is 0.370 e. The van der Waals surface area contributed by atoms with Gasteiger partial charge in [0, 0.05) is 18.7 Å². The third-order valence-corrected chi connectivity index (χ3v) is 2.99. The molecule has 4 nitrogen and oxygen atoms in total. The van der Waals surface area contributed by atoms with Crippen molar-refractivity contribution in [3.63, 3.8) is 0 Å². The molecule has 5 heteroatoms. The molecule has 1 aromatic carbocycles. The lowest BCUT2D eigenvalue weighted by Crippen LogP contribution is -2.09. The van der Waals surface area contributed by atoms with Crippen LogP contribution in [0, 0.1) is 5.82 Å². The minimum Gasteiger partial charge on any atom is -0.370 e. The highest BCUT2D eigenvalue weighted by atomic mass is 19.1. The first kappa shape index (κ1) is 14.2. The highest BCUT2D eigenvalue weighted by molar-refractivity contribution is 5.57. The van der Waals surface area contributed by atoms with Crippen LogP contribution in [0.15, 0.2) is 30.6 Å². The van der Waals surface area contributed by atoms with Gasteiger partial charge < -0.3 is 10.6 Å². The highest BCUT2D eigenvalue weighted by Crippen LogP contribution is 2.20. The molecule has 1 heterocycles. The first-order valence-corrected chi connectivity index (χ1v) is 6.80. The minimum atomic E-state index is -0.226. The summed E-state index contributed by atoms with van der Waals surface area (Å²) in [6.45, 7) is 5.44. The molecule has 0 bridgehead atoms. The Morgan fingerprint density at radius 1 is 1.10 bits per heavy atom. The summed E-state index contributed by atoms with van der Waals surface area (Å²) in [6, 6.07) is 6.55. The van der Waals surface area contributed by atoms with E-state index >= 15 is 0 Å². The smallest absolute Gasteiger partial charge is 0.134 e. The summed E-state index contributed by atoms with van der Waals surface area (Å²) < 4.78 is 13.1. The zero-order valence-electron chi connectivity index (χ0n) is 11.8. The van der Waals surface area contributed by atoms with Crippen LogP contribution in [0.2, 0.25) is 0 Å². The van der Waals surface area contributed by atoms with Crippen molar-refractivity contribution in [2.24, 2.45) is 0 Å². The molecule has 0 atom stereocenters. The molecule has 0 unspecified atom stereocenters. The average molecular weight is 274 g/mol. The van der Waals surface area contributed by atoms with Gasteiger partial charge in [-0.3, -0.25) is 0 Å². The Hall–Kier alpha value is -2.17. The van der Waals surface area contributed by atoms with Crippen LogP contribution in [0.4, 0.5) is 16.0 Å². The molecule has 2 aromatic rings. The number of hydrogen-bond acceptors (Lipinski definition) is 4. The van der Waals surface area contributed by atoms with Gasteiger partial charge in [-0.15, -0.1) is 0 Å². The predicted octanol–water partition coefficient (Wildman–Crippen LogP) is 3.22. The van der Waals surface area contributed by atoms with Gasteiger partial charge in [-0.05, 0) is 31.0 Å². The van der Waals surface area contributed by atoms with Crippen LogP contribution in [0.5, 0.6) is 0 Å². The summed E-state index contributed by atoms with van der Waals surface area (Å²) in [6.07, 6.45) is 2.36. The van der Waals surface area contributed by atoms with Crippen LogP contribution in [0.25, 0.3) is 0 Å². The van der Waals surface area contributed by atoms with Gasteiger partial charge in [0.1, 0.15) is 23.8 Å². The monoisotopic (exact) mass is 274 g/mol. The Morgan fingerprint density at radius 2 is 1.85 bits per heavy atom. The number of anilines is 2. The zero-order valence-corrected chi connectivity index (χ0v) is 11.8.